The Morgan fingerprint density at radius 1 is 1.30 bits per heavy atom. The monoisotopic (exact) mass is 269 g/mol. The Morgan fingerprint density at radius 2 is 2.10 bits per heavy atom. The minimum absolute atomic E-state index is 0.109. The standard InChI is InChI=1S/C16H15NO3/c17-12-5-6-15(14(8-12)16(18)19)20-9-11-7-10-3-1-2-4-13(10)11/h1-6,8,11H,7,9,17H2,(H,18,19). The van der Waals surface area contributed by atoms with E-state index in [9.17, 15) is 4.79 Å². The van der Waals surface area contributed by atoms with E-state index in [1.54, 1.807) is 12.1 Å². The first kappa shape index (κ1) is 12.5. The van der Waals surface area contributed by atoms with Crippen molar-refractivity contribution in [1.29, 1.82) is 0 Å². The summed E-state index contributed by atoms with van der Waals surface area (Å²) >= 11 is 0. The summed E-state index contributed by atoms with van der Waals surface area (Å²) in [5, 5.41) is 9.15. The van der Waals surface area contributed by atoms with Crippen LogP contribution in [0.3, 0.4) is 0 Å². The molecule has 0 amide bonds. The molecule has 0 radical (unpaired) electrons. The number of anilines is 1. The topological polar surface area (TPSA) is 72.5 Å². The zero-order valence-corrected chi connectivity index (χ0v) is 10.9. The molecule has 3 N–H and O–H groups in total. The number of hydrogen-bond acceptors (Lipinski definition) is 3. The fourth-order valence-electron chi connectivity index (χ4n) is 2.54. The van der Waals surface area contributed by atoms with Crippen LogP contribution in [0.4, 0.5) is 5.69 Å². The number of carboxylic acids is 1. The quantitative estimate of drug-likeness (QED) is 0.837. The van der Waals surface area contributed by atoms with Crippen LogP contribution in [0.1, 0.15) is 27.4 Å². The van der Waals surface area contributed by atoms with E-state index in [1.807, 2.05) is 12.1 Å². The molecule has 2 aromatic rings. The van der Waals surface area contributed by atoms with Gasteiger partial charge in [0.1, 0.15) is 11.3 Å². The van der Waals surface area contributed by atoms with Crippen LogP contribution in [-0.2, 0) is 6.42 Å². The first-order valence-electron chi connectivity index (χ1n) is 6.48. The molecule has 4 heteroatoms. The Bertz CT molecular complexity index is 667. The third-order valence-corrected chi connectivity index (χ3v) is 3.64. The number of aromatic carboxylic acids is 1. The van der Waals surface area contributed by atoms with Crippen molar-refractivity contribution in [3.05, 3.63) is 59.2 Å². The number of benzene rings is 2. The maximum Gasteiger partial charge on any atom is 0.339 e. The van der Waals surface area contributed by atoms with Gasteiger partial charge in [-0.05, 0) is 35.7 Å². The Hall–Kier alpha value is -2.49. The molecule has 0 saturated carbocycles. The maximum atomic E-state index is 11.2. The van der Waals surface area contributed by atoms with Gasteiger partial charge in [0.05, 0.1) is 6.61 Å². The van der Waals surface area contributed by atoms with Crippen molar-refractivity contribution in [1.82, 2.24) is 0 Å². The number of rotatable bonds is 4. The van der Waals surface area contributed by atoms with E-state index in [-0.39, 0.29) is 5.56 Å². The largest absolute Gasteiger partial charge is 0.492 e. The predicted octanol–water partition coefficient (Wildman–Crippen LogP) is 2.69. The van der Waals surface area contributed by atoms with Gasteiger partial charge in [0.2, 0.25) is 0 Å². The molecular formula is C16H15NO3. The Morgan fingerprint density at radius 3 is 2.85 bits per heavy atom. The summed E-state index contributed by atoms with van der Waals surface area (Å²) < 4.78 is 5.68. The van der Waals surface area contributed by atoms with E-state index in [2.05, 4.69) is 12.1 Å². The second-order valence-corrected chi connectivity index (χ2v) is 4.97. The average molecular weight is 269 g/mol. The van der Waals surface area contributed by atoms with Crippen molar-refractivity contribution >= 4 is 11.7 Å². The molecule has 0 saturated heterocycles. The molecule has 1 aliphatic carbocycles. The Labute approximate surface area is 116 Å². The number of fused-ring (bicyclic) bond motifs is 1. The summed E-state index contributed by atoms with van der Waals surface area (Å²) in [5.74, 6) is -0.317. The fourth-order valence-corrected chi connectivity index (χ4v) is 2.54. The van der Waals surface area contributed by atoms with E-state index in [1.165, 1.54) is 17.2 Å². The van der Waals surface area contributed by atoms with Gasteiger partial charge in [0.15, 0.2) is 0 Å². The lowest BCUT2D eigenvalue weighted by atomic mass is 9.78. The lowest BCUT2D eigenvalue weighted by Gasteiger charge is -2.30. The van der Waals surface area contributed by atoms with E-state index >= 15 is 0 Å². The third-order valence-electron chi connectivity index (χ3n) is 3.64. The van der Waals surface area contributed by atoms with E-state index < -0.39 is 5.97 Å². The van der Waals surface area contributed by atoms with Gasteiger partial charge < -0.3 is 15.6 Å². The second-order valence-electron chi connectivity index (χ2n) is 4.97. The molecule has 0 heterocycles. The first-order chi connectivity index (χ1) is 9.65. The lowest BCUT2D eigenvalue weighted by molar-refractivity contribution is 0.0691. The Kier molecular flexibility index (Phi) is 3.06. The summed E-state index contributed by atoms with van der Waals surface area (Å²) in [5.41, 5.74) is 8.77. The molecule has 0 spiro atoms. The average Bonchev–Trinajstić information content (AvgIpc) is 2.41. The lowest BCUT2D eigenvalue weighted by Crippen LogP contribution is -2.23. The predicted molar refractivity (Wildman–Crippen MR) is 76.2 cm³/mol. The van der Waals surface area contributed by atoms with Crippen LogP contribution in [0, 0.1) is 0 Å². The zero-order chi connectivity index (χ0) is 14.1. The number of hydrogen-bond donors (Lipinski definition) is 2. The molecule has 2 aromatic carbocycles. The summed E-state index contributed by atoms with van der Waals surface area (Å²) in [7, 11) is 0. The van der Waals surface area contributed by atoms with Crippen LogP contribution in [0.2, 0.25) is 0 Å². The minimum atomic E-state index is -1.03. The molecule has 1 atom stereocenters. The molecule has 1 aliphatic rings. The van der Waals surface area contributed by atoms with Gasteiger partial charge >= 0.3 is 5.97 Å². The van der Waals surface area contributed by atoms with Crippen molar-refractivity contribution in [3.63, 3.8) is 0 Å². The highest BCUT2D eigenvalue weighted by atomic mass is 16.5. The highest BCUT2D eigenvalue weighted by Crippen LogP contribution is 2.35. The minimum Gasteiger partial charge on any atom is -0.492 e. The van der Waals surface area contributed by atoms with Gasteiger partial charge in [-0.3, -0.25) is 0 Å². The van der Waals surface area contributed by atoms with Crippen molar-refractivity contribution in [2.75, 3.05) is 12.3 Å². The normalized spacial score (nSPS) is 16.1. The molecule has 3 rings (SSSR count). The van der Waals surface area contributed by atoms with Gasteiger partial charge in [-0.2, -0.15) is 0 Å². The third kappa shape index (κ3) is 2.20. The zero-order valence-electron chi connectivity index (χ0n) is 10.9. The van der Waals surface area contributed by atoms with Crippen LogP contribution in [0.25, 0.3) is 0 Å². The number of carbonyl (C=O) groups is 1. The molecule has 0 bridgehead atoms. The summed E-state index contributed by atoms with van der Waals surface area (Å²) in [6.45, 7) is 0.487. The van der Waals surface area contributed by atoms with E-state index in [4.69, 9.17) is 15.6 Å². The van der Waals surface area contributed by atoms with E-state index in [0.717, 1.165) is 6.42 Å². The Balaban J connectivity index is 1.73. The summed E-state index contributed by atoms with van der Waals surface area (Å²) in [4.78, 5) is 11.2. The molecular weight excluding hydrogens is 254 g/mol. The fraction of sp³-hybridized carbons (Fsp3) is 0.188. The van der Waals surface area contributed by atoms with Crippen molar-refractivity contribution < 1.29 is 14.6 Å². The number of nitrogen functional groups attached to an aromatic ring is 1. The first-order valence-corrected chi connectivity index (χ1v) is 6.48. The van der Waals surface area contributed by atoms with Crippen molar-refractivity contribution in [2.45, 2.75) is 12.3 Å². The number of ether oxygens (including phenoxy) is 1. The number of nitrogens with two attached hydrogens (primary N) is 1. The number of carboxylic acid groups (broad SMARTS) is 1. The van der Waals surface area contributed by atoms with Crippen molar-refractivity contribution in [3.8, 4) is 5.75 Å². The van der Waals surface area contributed by atoms with Gasteiger partial charge in [-0.25, -0.2) is 4.79 Å². The van der Waals surface area contributed by atoms with Crippen LogP contribution < -0.4 is 10.5 Å². The van der Waals surface area contributed by atoms with Gasteiger partial charge in [0, 0.05) is 11.6 Å². The SMILES string of the molecule is Nc1ccc(OCC2Cc3ccccc32)c(C(=O)O)c1. The van der Waals surface area contributed by atoms with Gasteiger partial charge in [-0.15, -0.1) is 0 Å². The smallest absolute Gasteiger partial charge is 0.339 e. The molecule has 0 aromatic heterocycles. The van der Waals surface area contributed by atoms with Gasteiger partial charge in [-0.1, -0.05) is 24.3 Å². The highest BCUT2D eigenvalue weighted by molar-refractivity contribution is 5.92. The summed E-state index contributed by atoms with van der Waals surface area (Å²) in [6, 6.07) is 12.9. The van der Waals surface area contributed by atoms with Crippen molar-refractivity contribution in [2.24, 2.45) is 0 Å². The molecule has 4 nitrogen and oxygen atoms in total. The molecule has 102 valence electrons. The van der Waals surface area contributed by atoms with Crippen LogP contribution in [0.5, 0.6) is 5.75 Å². The van der Waals surface area contributed by atoms with Crippen LogP contribution in [0.15, 0.2) is 42.5 Å². The summed E-state index contributed by atoms with van der Waals surface area (Å²) in [6.07, 6.45) is 0.980. The molecule has 20 heavy (non-hydrogen) atoms. The van der Waals surface area contributed by atoms with Gasteiger partial charge in [0.25, 0.3) is 0 Å². The van der Waals surface area contributed by atoms with E-state index in [0.29, 0.717) is 24.0 Å². The maximum absolute atomic E-state index is 11.2. The highest BCUT2D eigenvalue weighted by Gasteiger charge is 2.26. The van der Waals surface area contributed by atoms with Crippen LogP contribution >= 0.6 is 0 Å². The second kappa shape index (κ2) is 4.89. The molecule has 1 unspecified atom stereocenters. The molecule has 0 fully saturated rings. The molecule has 0 aliphatic heterocycles. The van der Waals surface area contributed by atoms with Crippen LogP contribution in [-0.4, -0.2) is 17.7 Å².